The summed E-state index contributed by atoms with van der Waals surface area (Å²) in [5.41, 5.74) is 2.87. The van der Waals surface area contributed by atoms with E-state index in [1.807, 2.05) is 54.7 Å². The number of aromatic nitrogens is 1. The molecule has 0 aliphatic heterocycles. The van der Waals surface area contributed by atoms with Gasteiger partial charge in [-0.2, -0.15) is 0 Å². The number of nitrogens with one attached hydrogen (secondary N) is 1. The van der Waals surface area contributed by atoms with Gasteiger partial charge in [0.25, 0.3) is 0 Å². The van der Waals surface area contributed by atoms with Crippen LogP contribution in [-0.4, -0.2) is 36.3 Å². The lowest BCUT2D eigenvalue weighted by atomic mass is 10.1. The molecule has 0 spiro atoms. The number of hydrogen-bond donors (Lipinski definition) is 1. The van der Waals surface area contributed by atoms with Crippen molar-refractivity contribution < 1.29 is 14.2 Å². The zero-order chi connectivity index (χ0) is 22.2. The maximum Gasteiger partial charge on any atom is 0.203 e. The van der Waals surface area contributed by atoms with E-state index in [-0.39, 0.29) is 0 Å². The van der Waals surface area contributed by atoms with Crippen molar-refractivity contribution in [3.05, 3.63) is 76.5 Å². The van der Waals surface area contributed by atoms with Crippen LogP contribution in [0.25, 0.3) is 0 Å². The van der Waals surface area contributed by atoms with Crippen molar-refractivity contribution >= 4 is 38.9 Å². The fourth-order valence-corrected chi connectivity index (χ4v) is 3.65. The molecule has 3 rings (SSSR count). The number of hydrogen-bond acceptors (Lipinski definition) is 5. The van der Waals surface area contributed by atoms with Crippen LogP contribution in [0.2, 0.25) is 0 Å². The van der Waals surface area contributed by atoms with Gasteiger partial charge >= 0.3 is 0 Å². The average Bonchev–Trinajstić information content (AvgIpc) is 2.80. The lowest BCUT2D eigenvalue weighted by Crippen LogP contribution is -2.34. The third-order valence-corrected chi connectivity index (χ3v) is 5.51. The average molecular weight is 502 g/mol. The number of halogens is 1. The van der Waals surface area contributed by atoms with Gasteiger partial charge in [0.1, 0.15) is 0 Å². The highest BCUT2D eigenvalue weighted by molar-refractivity contribution is 9.10. The van der Waals surface area contributed by atoms with Gasteiger partial charge in [-0.25, -0.2) is 0 Å². The summed E-state index contributed by atoms with van der Waals surface area (Å²) in [7, 11) is 4.81. The summed E-state index contributed by atoms with van der Waals surface area (Å²) in [5, 5.41) is 3.90. The summed E-state index contributed by atoms with van der Waals surface area (Å²) >= 11 is 9.22. The standard InChI is InChI=1S/C23H24BrN3O3S/c1-28-20-11-6-17(21(29-2)22(20)30-3)15-27(14-16-5-4-12-25-13-16)23(31)26-19-9-7-18(24)8-10-19/h4-13H,14-15H2,1-3H3,(H,26,31). The Kier molecular flexibility index (Phi) is 8.08. The fraction of sp³-hybridized carbons (Fsp3) is 0.217. The first-order valence-electron chi connectivity index (χ1n) is 9.54. The van der Waals surface area contributed by atoms with Gasteiger partial charge in [0.2, 0.25) is 5.75 Å². The summed E-state index contributed by atoms with van der Waals surface area (Å²) in [5.74, 6) is 1.78. The van der Waals surface area contributed by atoms with E-state index in [2.05, 4.69) is 31.1 Å². The molecule has 0 aliphatic carbocycles. The lowest BCUT2D eigenvalue weighted by Gasteiger charge is -2.27. The Balaban J connectivity index is 1.91. The van der Waals surface area contributed by atoms with Crippen molar-refractivity contribution in [2.75, 3.05) is 26.6 Å². The minimum Gasteiger partial charge on any atom is -0.493 e. The molecule has 0 fully saturated rings. The Morgan fingerprint density at radius 3 is 2.32 bits per heavy atom. The van der Waals surface area contributed by atoms with Crippen LogP contribution in [0.1, 0.15) is 11.1 Å². The van der Waals surface area contributed by atoms with Crippen molar-refractivity contribution in [3.8, 4) is 17.2 Å². The van der Waals surface area contributed by atoms with E-state index in [9.17, 15) is 0 Å². The molecular formula is C23H24BrN3O3S. The van der Waals surface area contributed by atoms with Gasteiger partial charge in [-0.15, -0.1) is 0 Å². The SMILES string of the molecule is COc1ccc(CN(Cc2cccnc2)C(=S)Nc2ccc(Br)cc2)c(OC)c1OC. The molecule has 8 heteroatoms. The smallest absolute Gasteiger partial charge is 0.203 e. The minimum atomic E-state index is 0.501. The zero-order valence-electron chi connectivity index (χ0n) is 17.6. The molecule has 1 N–H and O–H groups in total. The van der Waals surface area contributed by atoms with E-state index in [1.54, 1.807) is 27.5 Å². The normalized spacial score (nSPS) is 10.3. The van der Waals surface area contributed by atoms with Crippen LogP contribution >= 0.6 is 28.1 Å². The molecule has 1 aromatic heterocycles. The van der Waals surface area contributed by atoms with E-state index >= 15 is 0 Å². The van der Waals surface area contributed by atoms with Gasteiger partial charge in [-0.05, 0) is 60.2 Å². The predicted molar refractivity (Wildman–Crippen MR) is 130 cm³/mol. The summed E-state index contributed by atoms with van der Waals surface area (Å²) < 4.78 is 17.6. The molecular weight excluding hydrogens is 478 g/mol. The molecule has 0 unspecified atom stereocenters. The van der Waals surface area contributed by atoms with Crippen LogP contribution in [0.3, 0.4) is 0 Å². The van der Waals surface area contributed by atoms with Crippen LogP contribution in [0.5, 0.6) is 17.2 Å². The maximum atomic E-state index is 5.76. The monoisotopic (exact) mass is 501 g/mol. The molecule has 162 valence electrons. The van der Waals surface area contributed by atoms with E-state index < -0.39 is 0 Å². The van der Waals surface area contributed by atoms with E-state index in [0.717, 1.165) is 21.3 Å². The van der Waals surface area contributed by atoms with Crippen molar-refractivity contribution in [1.82, 2.24) is 9.88 Å². The molecule has 0 aliphatic rings. The molecule has 31 heavy (non-hydrogen) atoms. The molecule has 3 aromatic rings. The van der Waals surface area contributed by atoms with Crippen LogP contribution in [0.4, 0.5) is 5.69 Å². The number of ether oxygens (including phenoxy) is 3. The lowest BCUT2D eigenvalue weighted by molar-refractivity contribution is 0.316. The van der Waals surface area contributed by atoms with E-state index in [0.29, 0.717) is 35.5 Å². The molecule has 0 radical (unpaired) electrons. The van der Waals surface area contributed by atoms with Crippen LogP contribution < -0.4 is 19.5 Å². The Morgan fingerprint density at radius 2 is 1.71 bits per heavy atom. The third kappa shape index (κ3) is 5.86. The Hall–Kier alpha value is -2.84. The van der Waals surface area contributed by atoms with Gasteiger partial charge in [0, 0.05) is 41.2 Å². The van der Waals surface area contributed by atoms with E-state index in [1.165, 1.54) is 0 Å². The largest absolute Gasteiger partial charge is 0.493 e. The number of benzene rings is 2. The Labute approximate surface area is 196 Å². The molecule has 6 nitrogen and oxygen atoms in total. The molecule has 2 aromatic carbocycles. The number of anilines is 1. The van der Waals surface area contributed by atoms with Crippen molar-refractivity contribution in [1.29, 1.82) is 0 Å². The topological polar surface area (TPSA) is 55.9 Å². The molecule has 1 heterocycles. The fourth-order valence-electron chi connectivity index (χ4n) is 3.14. The highest BCUT2D eigenvalue weighted by Gasteiger charge is 2.20. The van der Waals surface area contributed by atoms with Crippen LogP contribution in [0, 0.1) is 0 Å². The molecule has 0 saturated carbocycles. The second kappa shape index (κ2) is 11.0. The van der Waals surface area contributed by atoms with Crippen molar-refractivity contribution in [3.63, 3.8) is 0 Å². The summed E-state index contributed by atoms with van der Waals surface area (Å²) in [4.78, 5) is 6.28. The number of nitrogens with zero attached hydrogens (tertiary/aromatic N) is 2. The van der Waals surface area contributed by atoms with Crippen molar-refractivity contribution in [2.45, 2.75) is 13.1 Å². The molecule has 0 amide bonds. The molecule has 0 bridgehead atoms. The van der Waals surface area contributed by atoms with Crippen LogP contribution in [0.15, 0.2) is 65.4 Å². The van der Waals surface area contributed by atoms with E-state index in [4.69, 9.17) is 26.4 Å². The first-order chi connectivity index (χ1) is 15.0. The maximum absolute atomic E-state index is 5.76. The predicted octanol–water partition coefficient (Wildman–Crippen LogP) is 5.27. The first-order valence-corrected chi connectivity index (χ1v) is 10.7. The number of thiocarbonyl (C=S) groups is 1. The quantitative estimate of drug-likeness (QED) is 0.422. The summed E-state index contributed by atoms with van der Waals surface area (Å²) in [6.07, 6.45) is 3.59. The molecule has 0 saturated heterocycles. The van der Waals surface area contributed by atoms with Gasteiger partial charge in [0.15, 0.2) is 16.6 Å². The molecule has 0 atom stereocenters. The number of methoxy groups -OCH3 is 3. The van der Waals surface area contributed by atoms with Gasteiger partial charge in [0.05, 0.1) is 21.3 Å². The highest BCUT2D eigenvalue weighted by atomic mass is 79.9. The summed E-state index contributed by atoms with van der Waals surface area (Å²) in [6.45, 7) is 1.08. The zero-order valence-corrected chi connectivity index (χ0v) is 20.0. The highest BCUT2D eigenvalue weighted by Crippen LogP contribution is 2.40. The third-order valence-electron chi connectivity index (χ3n) is 4.63. The Bertz CT molecular complexity index is 1020. The number of rotatable bonds is 8. The van der Waals surface area contributed by atoms with Crippen LogP contribution in [-0.2, 0) is 13.1 Å². The second-order valence-electron chi connectivity index (χ2n) is 6.65. The second-order valence-corrected chi connectivity index (χ2v) is 7.95. The minimum absolute atomic E-state index is 0.501. The van der Waals surface area contributed by atoms with Crippen molar-refractivity contribution in [2.24, 2.45) is 0 Å². The first kappa shape index (κ1) is 22.8. The van der Waals surface area contributed by atoms with Gasteiger partial charge < -0.3 is 24.4 Å². The summed E-state index contributed by atoms with van der Waals surface area (Å²) in [6, 6.07) is 15.6. The van der Waals surface area contributed by atoms with Gasteiger partial charge in [-0.1, -0.05) is 22.0 Å². The Morgan fingerprint density at radius 1 is 0.968 bits per heavy atom. The van der Waals surface area contributed by atoms with Gasteiger partial charge in [-0.3, -0.25) is 4.98 Å². The number of pyridine rings is 1.